The van der Waals surface area contributed by atoms with Gasteiger partial charge in [0.2, 0.25) is 11.8 Å². The highest BCUT2D eigenvalue weighted by Crippen LogP contribution is 2.29. The smallest absolute Gasteiger partial charge is 0.247 e. The minimum absolute atomic E-state index is 0.0938. The summed E-state index contributed by atoms with van der Waals surface area (Å²) in [6.45, 7) is 5.01. The first-order valence-corrected chi connectivity index (χ1v) is 12.8. The van der Waals surface area contributed by atoms with E-state index in [1.807, 2.05) is 48.5 Å². The molecule has 0 aliphatic carbocycles. The molecule has 0 radical (unpaired) electrons. The van der Waals surface area contributed by atoms with E-state index in [0.29, 0.717) is 29.0 Å². The van der Waals surface area contributed by atoms with E-state index in [1.54, 1.807) is 43.4 Å². The van der Waals surface area contributed by atoms with Crippen LogP contribution in [0.25, 0.3) is 0 Å². The molecule has 2 amide bonds. The van der Waals surface area contributed by atoms with Crippen LogP contribution < -0.4 is 14.8 Å². The summed E-state index contributed by atoms with van der Waals surface area (Å²) in [6.07, 6.45) is 0.945. The number of hydrogen-bond acceptors (Lipinski definition) is 4. The van der Waals surface area contributed by atoms with E-state index in [-0.39, 0.29) is 24.8 Å². The van der Waals surface area contributed by atoms with Crippen molar-refractivity contribution in [2.75, 3.05) is 20.8 Å². The first-order valence-electron chi connectivity index (χ1n) is 12.4. The number of halogens is 1. The van der Waals surface area contributed by atoms with Crippen molar-refractivity contribution in [2.45, 2.75) is 39.3 Å². The molecule has 6 nitrogen and oxygen atoms in total. The monoisotopic (exact) mass is 522 g/mol. The third-order valence-electron chi connectivity index (χ3n) is 6.09. The summed E-state index contributed by atoms with van der Waals surface area (Å²) in [7, 11) is 3.13. The van der Waals surface area contributed by atoms with Crippen LogP contribution in [-0.2, 0) is 22.6 Å². The number of amides is 2. The lowest BCUT2D eigenvalue weighted by atomic mass is 10.0. The first kappa shape index (κ1) is 28.1. The maximum atomic E-state index is 13.9. The van der Waals surface area contributed by atoms with Crippen molar-refractivity contribution >= 4 is 23.4 Å². The number of carbonyl (C=O) groups excluding carboxylic acids is 2. The van der Waals surface area contributed by atoms with Crippen molar-refractivity contribution in [2.24, 2.45) is 5.92 Å². The summed E-state index contributed by atoms with van der Waals surface area (Å²) in [6, 6.07) is 21.3. The molecular weight excluding hydrogens is 488 g/mol. The Kier molecular flexibility index (Phi) is 10.4. The second-order valence-electron chi connectivity index (χ2n) is 9.30. The molecule has 0 bridgehead atoms. The van der Waals surface area contributed by atoms with Crippen LogP contribution in [0.1, 0.15) is 43.0 Å². The summed E-state index contributed by atoms with van der Waals surface area (Å²) in [5.74, 6) is 1.19. The zero-order valence-electron chi connectivity index (χ0n) is 21.9. The highest BCUT2D eigenvalue weighted by Gasteiger charge is 2.31. The molecule has 0 heterocycles. The highest BCUT2D eigenvalue weighted by molar-refractivity contribution is 6.30. The van der Waals surface area contributed by atoms with E-state index in [9.17, 15) is 9.59 Å². The van der Waals surface area contributed by atoms with Gasteiger partial charge in [-0.1, -0.05) is 74.0 Å². The van der Waals surface area contributed by atoms with Gasteiger partial charge in [0.05, 0.1) is 20.6 Å². The van der Waals surface area contributed by atoms with Gasteiger partial charge in [0.25, 0.3) is 0 Å². The fourth-order valence-corrected chi connectivity index (χ4v) is 4.19. The highest BCUT2D eigenvalue weighted by atomic mass is 35.5. The molecule has 3 aromatic rings. The molecule has 3 rings (SSSR count). The van der Waals surface area contributed by atoms with Gasteiger partial charge < -0.3 is 19.7 Å². The van der Waals surface area contributed by atoms with Crippen molar-refractivity contribution < 1.29 is 19.1 Å². The summed E-state index contributed by atoms with van der Waals surface area (Å²) in [5, 5.41) is 3.66. The number of carbonyl (C=O) groups is 2. The molecule has 1 unspecified atom stereocenters. The van der Waals surface area contributed by atoms with Crippen LogP contribution in [0.3, 0.4) is 0 Å². The fraction of sp³-hybridized carbons (Fsp3) is 0.333. The third-order valence-corrected chi connectivity index (χ3v) is 6.34. The number of rotatable bonds is 12. The van der Waals surface area contributed by atoms with Crippen LogP contribution >= 0.6 is 11.6 Å². The molecule has 0 aliphatic heterocycles. The topological polar surface area (TPSA) is 67.9 Å². The summed E-state index contributed by atoms with van der Waals surface area (Å²) < 4.78 is 10.7. The number of benzene rings is 3. The number of methoxy groups -OCH3 is 2. The van der Waals surface area contributed by atoms with E-state index in [1.165, 1.54) is 0 Å². The summed E-state index contributed by atoms with van der Waals surface area (Å²) >= 11 is 6.10. The minimum atomic E-state index is -0.795. The zero-order chi connectivity index (χ0) is 26.8. The zero-order valence-corrected chi connectivity index (χ0v) is 22.6. The lowest BCUT2D eigenvalue weighted by Gasteiger charge is -2.32. The van der Waals surface area contributed by atoms with Crippen molar-refractivity contribution in [1.29, 1.82) is 0 Å². The Morgan fingerprint density at radius 2 is 1.54 bits per heavy atom. The standard InChI is InChI=1S/C30H35ClN2O4/c1-21(2)16-17-32-30(35)29(24-8-6-5-7-9-24)33(20-22-10-13-25(31)14-11-22)28(34)19-23-12-15-26(36-3)27(18-23)37-4/h5-15,18,21,29H,16-17,19-20H2,1-4H3,(H,32,35). The van der Waals surface area contributed by atoms with Gasteiger partial charge in [0.15, 0.2) is 11.5 Å². The van der Waals surface area contributed by atoms with Crippen LogP contribution in [-0.4, -0.2) is 37.5 Å². The first-order chi connectivity index (χ1) is 17.8. The van der Waals surface area contributed by atoms with Gasteiger partial charge in [0, 0.05) is 18.1 Å². The van der Waals surface area contributed by atoms with Gasteiger partial charge in [-0.25, -0.2) is 0 Å². The van der Waals surface area contributed by atoms with Crippen LogP contribution in [0.15, 0.2) is 72.8 Å². The molecule has 1 N–H and O–H groups in total. The van der Waals surface area contributed by atoms with Crippen LogP contribution in [0.4, 0.5) is 0 Å². The molecule has 196 valence electrons. The second-order valence-corrected chi connectivity index (χ2v) is 9.74. The Morgan fingerprint density at radius 1 is 0.892 bits per heavy atom. The van der Waals surface area contributed by atoms with Crippen molar-refractivity contribution in [3.8, 4) is 11.5 Å². The van der Waals surface area contributed by atoms with E-state index < -0.39 is 6.04 Å². The summed E-state index contributed by atoms with van der Waals surface area (Å²) in [4.78, 5) is 29.1. The van der Waals surface area contributed by atoms with E-state index in [0.717, 1.165) is 23.1 Å². The lowest BCUT2D eigenvalue weighted by Crippen LogP contribution is -2.44. The molecule has 37 heavy (non-hydrogen) atoms. The number of ether oxygens (including phenoxy) is 2. The molecule has 1 atom stereocenters. The normalized spacial score (nSPS) is 11.6. The molecule has 3 aromatic carbocycles. The molecule has 0 saturated heterocycles. The Labute approximate surface area is 224 Å². The van der Waals surface area contributed by atoms with Crippen molar-refractivity contribution in [1.82, 2.24) is 10.2 Å². The van der Waals surface area contributed by atoms with Gasteiger partial charge >= 0.3 is 0 Å². The Balaban J connectivity index is 1.98. The van der Waals surface area contributed by atoms with E-state index in [2.05, 4.69) is 19.2 Å². The molecule has 7 heteroatoms. The third kappa shape index (κ3) is 7.99. The van der Waals surface area contributed by atoms with E-state index >= 15 is 0 Å². The number of nitrogens with zero attached hydrogens (tertiary/aromatic N) is 1. The molecule has 0 aliphatic rings. The predicted octanol–water partition coefficient (Wildman–Crippen LogP) is 5.83. The SMILES string of the molecule is COc1ccc(CC(=O)N(Cc2ccc(Cl)cc2)C(C(=O)NCCC(C)C)c2ccccc2)cc1OC. The largest absolute Gasteiger partial charge is 0.493 e. The predicted molar refractivity (Wildman–Crippen MR) is 147 cm³/mol. The quantitative estimate of drug-likeness (QED) is 0.325. The number of hydrogen-bond donors (Lipinski definition) is 1. The minimum Gasteiger partial charge on any atom is -0.493 e. The average molecular weight is 523 g/mol. The van der Waals surface area contributed by atoms with Crippen LogP contribution in [0.5, 0.6) is 11.5 Å². The second kappa shape index (κ2) is 13.7. The average Bonchev–Trinajstić information content (AvgIpc) is 2.89. The Bertz CT molecular complexity index is 1170. The van der Waals surface area contributed by atoms with Crippen LogP contribution in [0.2, 0.25) is 5.02 Å². The summed E-state index contributed by atoms with van der Waals surface area (Å²) in [5.41, 5.74) is 2.39. The Hall–Kier alpha value is -3.51. The molecule has 0 aromatic heterocycles. The molecule has 0 saturated carbocycles. The van der Waals surface area contributed by atoms with E-state index in [4.69, 9.17) is 21.1 Å². The maximum Gasteiger partial charge on any atom is 0.247 e. The lowest BCUT2D eigenvalue weighted by molar-refractivity contribution is -0.141. The van der Waals surface area contributed by atoms with Gasteiger partial charge in [-0.05, 0) is 53.3 Å². The van der Waals surface area contributed by atoms with Gasteiger partial charge in [0.1, 0.15) is 6.04 Å². The molecule has 0 spiro atoms. The van der Waals surface area contributed by atoms with Crippen LogP contribution in [0, 0.1) is 5.92 Å². The number of nitrogens with one attached hydrogen (secondary N) is 1. The van der Waals surface area contributed by atoms with Crippen molar-refractivity contribution in [3.63, 3.8) is 0 Å². The van der Waals surface area contributed by atoms with Gasteiger partial charge in [-0.2, -0.15) is 0 Å². The fourth-order valence-electron chi connectivity index (χ4n) is 4.07. The van der Waals surface area contributed by atoms with Crippen molar-refractivity contribution in [3.05, 3.63) is 94.5 Å². The molecular formula is C30H35ClN2O4. The Morgan fingerprint density at radius 3 is 2.16 bits per heavy atom. The maximum absolute atomic E-state index is 13.9. The molecule has 0 fully saturated rings. The van der Waals surface area contributed by atoms with Gasteiger partial charge in [-0.15, -0.1) is 0 Å². The van der Waals surface area contributed by atoms with Gasteiger partial charge in [-0.3, -0.25) is 9.59 Å².